The summed E-state index contributed by atoms with van der Waals surface area (Å²) in [6.45, 7) is 4.10. The smallest absolute Gasteiger partial charge is 0.255 e. The molecule has 30 heavy (non-hydrogen) atoms. The molecule has 0 saturated heterocycles. The average molecular weight is 428 g/mol. The molecule has 0 aromatic heterocycles. The number of benzene rings is 2. The Kier molecular flexibility index (Phi) is 7.38. The molecule has 0 heterocycles. The molecule has 0 unspecified atom stereocenters. The summed E-state index contributed by atoms with van der Waals surface area (Å²) in [5, 5.41) is 6.37. The van der Waals surface area contributed by atoms with Crippen LogP contribution < -0.4 is 10.6 Å². The largest absolute Gasteiger partial charge is 0.376 e. The van der Waals surface area contributed by atoms with E-state index in [0.29, 0.717) is 16.3 Å². The maximum Gasteiger partial charge on any atom is 0.255 e. The highest BCUT2D eigenvalue weighted by Crippen LogP contribution is 2.26. The average Bonchev–Trinajstić information content (AvgIpc) is 2.74. The van der Waals surface area contributed by atoms with Gasteiger partial charge < -0.3 is 15.5 Å². The van der Waals surface area contributed by atoms with Gasteiger partial charge in [0, 0.05) is 24.5 Å². The summed E-state index contributed by atoms with van der Waals surface area (Å²) < 4.78 is 0. The SMILES string of the molecule is Cc1ccc(NC(=O)CNc2ccc(C(=O)N(C)C3CCCCC3)c(Cl)c2)c(C)c1. The molecule has 2 N–H and O–H groups in total. The van der Waals surface area contributed by atoms with Crippen molar-refractivity contribution in [1.29, 1.82) is 0 Å². The van der Waals surface area contributed by atoms with Crippen LogP contribution in [0.5, 0.6) is 0 Å². The van der Waals surface area contributed by atoms with Crippen LogP contribution in [0.2, 0.25) is 5.02 Å². The number of carbonyl (C=O) groups excluding carboxylic acids is 2. The number of carbonyl (C=O) groups is 2. The van der Waals surface area contributed by atoms with E-state index in [2.05, 4.69) is 10.6 Å². The van der Waals surface area contributed by atoms with Gasteiger partial charge in [-0.15, -0.1) is 0 Å². The second-order valence-electron chi connectivity index (χ2n) is 8.12. The third kappa shape index (κ3) is 5.54. The molecule has 3 rings (SSSR count). The first kappa shape index (κ1) is 22.2. The quantitative estimate of drug-likeness (QED) is 0.647. The molecule has 0 atom stereocenters. The highest BCUT2D eigenvalue weighted by Gasteiger charge is 2.24. The van der Waals surface area contributed by atoms with Crippen molar-refractivity contribution >= 4 is 34.8 Å². The number of hydrogen-bond acceptors (Lipinski definition) is 3. The van der Waals surface area contributed by atoms with E-state index in [9.17, 15) is 9.59 Å². The first-order valence-corrected chi connectivity index (χ1v) is 10.9. The molecule has 1 fully saturated rings. The zero-order valence-electron chi connectivity index (χ0n) is 17.9. The van der Waals surface area contributed by atoms with Crippen LogP contribution in [0.4, 0.5) is 11.4 Å². The zero-order valence-corrected chi connectivity index (χ0v) is 18.7. The van der Waals surface area contributed by atoms with Crippen molar-refractivity contribution in [2.24, 2.45) is 0 Å². The van der Waals surface area contributed by atoms with Gasteiger partial charge in [-0.05, 0) is 56.5 Å². The van der Waals surface area contributed by atoms with E-state index >= 15 is 0 Å². The van der Waals surface area contributed by atoms with Crippen molar-refractivity contribution in [2.45, 2.75) is 52.0 Å². The Bertz CT molecular complexity index is 923. The Hall–Kier alpha value is -2.53. The monoisotopic (exact) mass is 427 g/mol. The van der Waals surface area contributed by atoms with Crippen LogP contribution in [-0.4, -0.2) is 36.3 Å². The van der Waals surface area contributed by atoms with Crippen molar-refractivity contribution in [2.75, 3.05) is 24.2 Å². The Balaban J connectivity index is 1.58. The molecule has 2 aromatic carbocycles. The Morgan fingerprint density at radius 3 is 2.47 bits per heavy atom. The summed E-state index contributed by atoms with van der Waals surface area (Å²) in [5.74, 6) is -0.193. The number of aryl methyl sites for hydroxylation is 2. The number of anilines is 2. The number of hydrogen-bond donors (Lipinski definition) is 2. The van der Waals surface area contributed by atoms with Crippen molar-refractivity contribution in [3.63, 3.8) is 0 Å². The minimum Gasteiger partial charge on any atom is -0.376 e. The standard InChI is InChI=1S/C24H30ClN3O2/c1-16-9-12-22(17(2)13-16)27-23(29)15-26-18-10-11-20(21(25)14-18)24(30)28(3)19-7-5-4-6-8-19/h9-14,19,26H,4-8,15H2,1-3H3,(H,27,29). The van der Waals surface area contributed by atoms with E-state index < -0.39 is 0 Å². The van der Waals surface area contributed by atoms with Gasteiger partial charge in [0.15, 0.2) is 0 Å². The van der Waals surface area contributed by atoms with Gasteiger partial charge in [0.25, 0.3) is 5.91 Å². The second kappa shape index (κ2) is 9.98. The van der Waals surface area contributed by atoms with Crippen molar-refractivity contribution < 1.29 is 9.59 Å². The summed E-state index contributed by atoms with van der Waals surface area (Å²) in [6.07, 6.45) is 5.69. The van der Waals surface area contributed by atoms with Crippen LogP contribution in [0.1, 0.15) is 53.6 Å². The fourth-order valence-electron chi connectivity index (χ4n) is 3.95. The van der Waals surface area contributed by atoms with E-state index in [0.717, 1.165) is 29.7 Å². The Labute approximate surface area is 183 Å². The maximum absolute atomic E-state index is 12.9. The Morgan fingerprint density at radius 2 is 1.80 bits per heavy atom. The van der Waals surface area contributed by atoms with Crippen LogP contribution >= 0.6 is 11.6 Å². The molecule has 0 radical (unpaired) electrons. The zero-order chi connectivity index (χ0) is 21.7. The van der Waals surface area contributed by atoms with Gasteiger partial charge >= 0.3 is 0 Å². The first-order chi connectivity index (χ1) is 14.3. The third-order valence-electron chi connectivity index (χ3n) is 5.75. The molecule has 0 aliphatic heterocycles. The summed E-state index contributed by atoms with van der Waals surface area (Å²) in [7, 11) is 1.86. The predicted octanol–water partition coefficient (Wildman–Crippen LogP) is 5.41. The van der Waals surface area contributed by atoms with Crippen molar-refractivity contribution in [1.82, 2.24) is 4.90 Å². The van der Waals surface area contributed by atoms with E-state index in [4.69, 9.17) is 11.6 Å². The van der Waals surface area contributed by atoms with E-state index in [-0.39, 0.29) is 24.4 Å². The summed E-state index contributed by atoms with van der Waals surface area (Å²) in [4.78, 5) is 27.0. The lowest BCUT2D eigenvalue weighted by atomic mass is 9.94. The fourth-order valence-corrected chi connectivity index (χ4v) is 4.21. The van der Waals surface area contributed by atoms with Gasteiger partial charge in [-0.2, -0.15) is 0 Å². The van der Waals surface area contributed by atoms with E-state index in [1.807, 2.05) is 44.0 Å². The molecule has 1 saturated carbocycles. The number of rotatable bonds is 6. The van der Waals surface area contributed by atoms with Crippen molar-refractivity contribution in [3.05, 3.63) is 58.1 Å². The molecular weight excluding hydrogens is 398 g/mol. The molecule has 160 valence electrons. The van der Waals surface area contributed by atoms with Crippen LogP contribution in [0.15, 0.2) is 36.4 Å². The minimum atomic E-state index is -0.143. The van der Waals surface area contributed by atoms with Crippen LogP contribution in [-0.2, 0) is 4.79 Å². The van der Waals surface area contributed by atoms with E-state index in [1.165, 1.54) is 19.3 Å². The molecule has 6 heteroatoms. The number of amides is 2. The maximum atomic E-state index is 12.9. The predicted molar refractivity (Wildman–Crippen MR) is 123 cm³/mol. The highest BCUT2D eigenvalue weighted by atomic mass is 35.5. The number of nitrogens with one attached hydrogen (secondary N) is 2. The van der Waals surface area contributed by atoms with Gasteiger partial charge in [-0.3, -0.25) is 9.59 Å². The number of nitrogens with zero attached hydrogens (tertiary/aromatic N) is 1. The summed E-state index contributed by atoms with van der Waals surface area (Å²) >= 11 is 6.40. The molecule has 5 nitrogen and oxygen atoms in total. The van der Waals surface area contributed by atoms with Gasteiger partial charge in [-0.25, -0.2) is 0 Å². The lowest BCUT2D eigenvalue weighted by Crippen LogP contribution is -2.38. The van der Waals surface area contributed by atoms with Crippen molar-refractivity contribution in [3.8, 4) is 0 Å². The summed E-state index contributed by atoms with van der Waals surface area (Å²) in [5.41, 5.74) is 4.18. The van der Waals surface area contributed by atoms with Gasteiger partial charge in [0.05, 0.1) is 17.1 Å². The second-order valence-corrected chi connectivity index (χ2v) is 8.53. The third-order valence-corrected chi connectivity index (χ3v) is 6.06. The minimum absolute atomic E-state index is 0.0500. The molecule has 1 aliphatic carbocycles. The van der Waals surface area contributed by atoms with E-state index in [1.54, 1.807) is 18.2 Å². The fraction of sp³-hybridized carbons (Fsp3) is 0.417. The first-order valence-electron chi connectivity index (χ1n) is 10.5. The normalized spacial score (nSPS) is 14.3. The van der Waals surface area contributed by atoms with Crippen LogP contribution in [0, 0.1) is 13.8 Å². The molecular formula is C24H30ClN3O2. The van der Waals surface area contributed by atoms with Crippen LogP contribution in [0.25, 0.3) is 0 Å². The lowest BCUT2D eigenvalue weighted by Gasteiger charge is -2.31. The number of halogens is 1. The molecule has 0 spiro atoms. The summed E-state index contributed by atoms with van der Waals surface area (Å²) in [6, 6.07) is 11.4. The Morgan fingerprint density at radius 1 is 1.07 bits per heavy atom. The molecule has 1 aliphatic rings. The lowest BCUT2D eigenvalue weighted by molar-refractivity contribution is -0.114. The van der Waals surface area contributed by atoms with Gasteiger partial charge in [0.2, 0.25) is 5.91 Å². The van der Waals surface area contributed by atoms with Gasteiger partial charge in [-0.1, -0.05) is 48.6 Å². The highest BCUT2D eigenvalue weighted by molar-refractivity contribution is 6.34. The molecule has 0 bridgehead atoms. The molecule has 2 amide bonds. The van der Waals surface area contributed by atoms with Gasteiger partial charge in [0.1, 0.15) is 0 Å². The molecule has 2 aromatic rings. The topological polar surface area (TPSA) is 61.4 Å². The van der Waals surface area contributed by atoms with Crippen LogP contribution in [0.3, 0.4) is 0 Å².